The molecule has 0 aliphatic rings. The van der Waals surface area contributed by atoms with Crippen molar-refractivity contribution in [2.24, 2.45) is 0 Å². The van der Waals surface area contributed by atoms with E-state index in [0.717, 1.165) is 10.1 Å². The van der Waals surface area contributed by atoms with Crippen LogP contribution in [0.2, 0.25) is 0 Å². The fraction of sp³-hybridized carbons (Fsp3) is 0.368. The van der Waals surface area contributed by atoms with Crippen LogP contribution in [0.5, 0.6) is 0 Å². The summed E-state index contributed by atoms with van der Waals surface area (Å²) in [6, 6.07) is 8.11. The first-order valence-corrected chi connectivity index (χ1v) is 8.71. The monoisotopic (exact) mass is 373 g/mol. The van der Waals surface area contributed by atoms with Crippen molar-refractivity contribution < 1.29 is 23.9 Å². The summed E-state index contributed by atoms with van der Waals surface area (Å²) < 4.78 is 10.9. The Balaban J connectivity index is 1.94. The zero-order valence-electron chi connectivity index (χ0n) is 15.3. The fourth-order valence-electron chi connectivity index (χ4n) is 2.43. The second-order valence-corrected chi connectivity index (χ2v) is 5.87. The number of benzene rings is 1. The minimum absolute atomic E-state index is 0.236. The van der Waals surface area contributed by atoms with Crippen molar-refractivity contribution in [1.29, 1.82) is 0 Å². The van der Waals surface area contributed by atoms with Gasteiger partial charge in [-0.3, -0.25) is 10.1 Å². The van der Waals surface area contributed by atoms with Crippen molar-refractivity contribution in [3.05, 3.63) is 54.6 Å². The molecule has 2 aromatic rings. The van der Waals surface area contributed by atoms with E-state index in [1.165, 1.54) is 25.6 Å². The Kier molecular flexibility index (Phi) is 7.69. The molecule has 2 rings (SSSR count). The molecule has 144 valence electrons. The molecule has 0 saturated carbocycles. The summed E-state index contributed by atoms with van der Waals surface area (Å²) in [6.45, 7) is 3.48. The molecular weight excluding hydrogens is 350 g/mol. The lowest BCUT2D eigenvalue weighted by molar-refractivity contribution is -0.147. The van der Waals surface area contributed by atoms with Crippen LogP contribution in [0.3, 0.4) is 0 Å². The standard InChI is InChI=1S/C19H23N3O5/c1-3-26-18(24)16(10-9-15-7-5-4-6-8-15)21-14(2)17(23)27-19(25)22-12-11-20-13-22/h4-8,11-14,16,21H,3,9-10H2,1-2H3/t14-,16-/m0/s1. The second kappa shape index (κ2) is 10.2. The van der Waals surface area contributed by atoms with Gasteiger partial charge in [0, 0.05) is 12.4 Å². The van der Waals surface area contributed by atoms with Gasteiger partial charge in [0.15, 0.2) is 0 Å². The highest BCUT2D eigenvalue weighted by Gasteiger charge is 2.26. The quantitative estimate of drug-likeness (QED) is 0.557. The van der Waals surface area contributed by atoms with Gasteiger partial charge in [-0.15, -0.1) is 0 Å². The Labute approximate surface area is 157 Å². The van der Waals surface area contributed by atoms with Gasteiger partial charge in [-0.25, -0.2) is 19.1 Å². The summed E-state index contributed by atoms with van der Waals surface area (Å²) in [4.78, 5) is 39.9. The van der Waals surface area contributed by atoms with Gasteiger partial charge in [0.1, 0.15) is 18.4 Å². The van der Waals surface area contributed by atoms with E-state index < -0.39 is 30.1 Å². The van der Waals surface area contributed by atoms with E-state index in [1.807, 2.05) is 30.3 Å². The number of aromatic nitrogens is 2. The van der Waals surface area contributed by atoms with Crippen LogP contribution in [0.15, 0.2) is 49.1 Å². The van der Waals surface area contributed by atoms with Gasteiger partial charge in [0.2, 0.25) is 0 Å². The van der Waals surface area contributed by atoms with Gasteiger partial charge in [0.05, 0.1) is 6.61 Å². The minimum Gasteiger partial charge on any atom is -0.465 e. The van der Waals surface area contributed by atoms with Crippen LogP contribution in [0.1, 0.15) is 25.8 Å². The Bertz CT molecular complexity index is 746. The number of imidazole rings is 1. The van der Waals surface area contributed by atoms with Crippen LogP contribution < -0.4 is 5.32 Å². The van der Waals surface area contributed by atoms with Gasteiger partial charge in [-0.2, -0.15) is 0 Å². The first kappa shape index (κ1) is 20.3. The first-order valence-electron chi connectivity index (χ1n) is 8.71. The molecule has 0 aliphatic carbocycles. The second-order valence-electron chi connectivity index (χ2n) is 5.87. The summed E-state index contributed by atoms with van der Waals surface area (Å²) in [5.74, 6) is -1.24. The van der Waals surface area contributed by atoms with Crippen LogP contribution in [-0.2, 0) is 25.5 Å². The number of esters is 2. The molecular formula is C19H23N3O5. The van der Waals surface area contributed by atoms with E-state index in [1.54, 1.807) is 6.92 Å². The van der Waals surface area contributed by atoms with Crippen molar-refractivity contribution >= 4 is 18.0 Å². The Morgan fingerprint density at radius 2 is 1.93 bits per heavy atom. The molecule has 8 nitrogen and oxygen atoms in total. The number of nitrogens with zero attached hydrogens (tertiary/aromatic N) is 2. The van der Waals surface area contributed by atoms with Gasteiger partial charge >= 0.3 is 18.0 Å². The van der Waals surface area contributed by atoms with E-state index in [9.17, 15) is 14.4 Å². The molecule has 0 saturated heterocycles. The molecule has 1 aromatic carbocycles. The summed E-state index contributed by atoms with van der Waals surface area (Å²) in [6.07, 6.45) is 4.21. The molecule has 1 heterocycles. The number of aryl methyl sites for hydroxylation is 1. The summed E-state index contributed by atoms with van der Waals surface area (Å²) in [5.41, 5.74) is 1.07. The molecule has 0 spiro atoms. The summed E-state index contributed by atoms with van der Waals surface area (Å²) in [7, 11) is 0. The first-order chi connectivity index (χ1) is 13.0. The number of carbonyl (C=O) groups excluding carboxylic acids is 3. The molecule has 2 atom stereocenters. The molecule has 8 heteroatoms. The van der Waals surface area contributed by atoms with Crippen molar-refractivity contribution in [1.82, 2.24) is 14.9 Å². The number of hydrogen-bond acceptors (Lipinski definition) is 7. The van der Waals surface area contributed by atoms with E-state index in [4.69, 9.17) is 9.47 Å². The van der Waals surface area contributed by atoms with Crippen molar-refractivity contribution in [2.75, 3.05) is 6.61 Å². The number of rotatable bonds is 8. The smallest absolute Gasteiger partial charge is 0.427 e. The van der Waals surface area contributed by atoms with E-state index in [0.29, 0.717) is 12.8 Å². The normalized spacial score (nSPS) is 12.8. The molecule has 0 radical (unpaired) electrons. The summed E-state index contributed by atoms with van der Waals surface area (Å²) in [5, 5.41) is 2.90. The molecule has 0 unspecified atom stereocenters. The largest absolute Gasteiger partial charge is 0.465 e. The van der Waals surface area contributed by atoms with Crippen LogP contribution >= 0.6 is 0 Å². The van der Waals surface area contributed by atoms with E-state index in [2.05, 4.69) is 10.3 Å². The lowest BCUT2D eigenvalue weighted by atomic mass is 10.0. The van der Waals surface area contributed by atoms with Crippen molar-refractivity contribution in [2.45, 2.75) is 38.8 Å². The van der Waals surface area contributed by atoms with Crippen LogP contribution in [0.25, 0.3) is 0 Å². The average molecular weight is 373 g/mol. The predicted octanol–water partition coefficient (Wildman–Crippen LogP) is 1.94. The Morgan fingerprint density at radius 1 is 1.19 bits per heavy atom. The molecule has 0 fully saturated rings. The lowest BCUT2D eigenvalue weighted by Crippen LogP contribution is -2.47. The lowest BCUT2D eigenvalue weighted by Gasteiger charge is -2.20. The Morgan fingerprint density at radius 3 is 2.56 bits per heavy atom. The minimum atomic E-state index is -0.873. The highest BCUT2D eigenvalue weighted by atomic mass is 16.6. The molecule has 27 heavy (non-hydrogen) atoms. The van der Waals surface area contributed by atoms with Gasteiger partial charge in [0.25, 0.3) is 0 Å². The molecule has 0 bridgehead atoms. The highest BCUT2D eigenvalue weighted by molar-refractivity contribution is 5.88. The van der Waals surface area contributed by atoms with Gasteiger partial charge in [-0.05, 0) is 32.3 Å². The highest BCUT2D eigenvalue weighted by Crippen LogP contribution is 2.08. The number of ether oxygens (including phenoxy) is 2. The Hall–Kier alpha value is -3.00. The summed E-state index contributed by atoms with van der Waals surface area (Å²) >= 11 is 0. The molecule has 0 amide bonds. The maximum absolute atomic E-state index is 12.2. The van der Waals surface area contributed by atoms with Gasteiger partial charge < -0.3 is 9.47 Å². The average Bonchev–Trinajstić information content (AvgIpc) is 3.20. The van der Waals surface area contributed by atoms with Crippen LogP contribution in [0.4, 0.5) is 4.79 Å². The molecule has 0 aliphatic heterocycles. The fourth-order valence-corrected chi connectivity index (χ4v) is 2.43. The zero-order valence-corrected chi connectivity index (χ0v) is 15.3. The van der Waals surface area contributed by atoms with Crippen molar-refractivity contribution in [3.63, 3.8) is 0 Å². The maximum Gasteiger partial charge on any atom is 0.427 e. The number of nitrogens with one attached hydrogen (secondary N) is 1. The topological polar surface area (TPSA) is 99.5 Å². The molecule has 1 N–H and O–H groups in total. The zero-order chi connectivity index (χ0) is 19.6. The predicted molar refractivity (Wildman–Crippen MR) is 96.9 cm³/mol. The third-order valence-electron chi connectivity index (χ3n) is 3.84. The number of carbonyl (C=O) groups is 3. The van der Waals surface area contributed by atoms with Crippen molar-refractivity contribution in [3.8, 4) is 0 Å². The molecule has 1 aromatic heterocycles. The van der Waals surface area contributed by atoms with E-state index >= 15 is 0 Å². The van der Waals surface area contributed by atoms with Crippen LogP contribution in [-0.4, -0.2) is 46.3 Å². The number of hydrogen-bond donors (Lipinski definition) is 1. The van der Waals surface area contributed by atoms with Gasteiger partial charge in [-0.1, -0.05) is 30.3 Å². The van der Waals surface area contributed by atoms with E-state index in [-0.39, 0.29) is 6.61 Å². The third kappa shape index (κ3) is 6.34. The van der Waals surface area contributed by atoms with Crippen LogP contribution in [0, 0.1) is 0 Å². The third-order valence-corrected chi connectivity index (χ3v) is 3.84. The maximum atomic E-state index is 12.2. The SMILES string of the molecule is CCOC(=O)[C@H](CCc1ccccc1)N[C@@H](C)C(=O)OC(=O)n1ccnc1.